The van der Waals surface area contributed by atoms with E-state index in [-0.39, 0.29) is 17.8 Å². The smallest absolute Gasteiger partial charge is 0.119 e. The summed E-state index contributed by atoms with van der Waals surface area (Å²) in [5, 5.41) is 3.34. The minimum absolute atomic E-state index is 0.127. The zero-order valence-corrected chi connectivity index (χ0v) is 8.37. The lowest BCUT2D eigenvalue weighted by Crippen LogP contribution is -2.47. The van der Waals surface area contributed by atoms with Crippen molar-refractivity contribution in [3.63, 3.8) is 0 Å². The predicted molar refractivity (Wildman–Crippen MR) is 53.6 cm³/mol. The van der Waals surface area contributed by atoms with E-state index in [2.05, 4.69) is 12.2 Å². The van der Waals surface area contributed by atoms with Crippen LogP contribution in [0.4, 0.5) is 4.39 Å². The molecule has 0 amide bonds. The highest BCUT2D eigenvalue weighted by Gasteiger charge is 2.25. The van der Waals surface area contributed by atoms with Crippen LogP contribution >= 0.6 is 0 Å². The van der Waals surface area contributed by atoms with E-state index < -0.39 is 0 Å². The van der Waals surface area contributed by atoms with Crippen molar-refractivity contribution >= 4 is 0 Å². The highest BCUT2D eigenvalue weighted by Crippen LogP contribution is 2.23. The lowest BCUT2D eigenvalue weighted by atomic mass is 9.93. The molecule has 1 aliphatic heterocycles. The van der Waals surface area contributed by atoms with E-state index in [9.17, 15) is 4.39 Å². The fraction of sp³-hybridized carbons (Fsp3) is 0.636. The monoisotopic (exact) mass is 197 g/mol. The number of rotatable bonds is 1. The Kier molecular flexibility index (Phi) is 2.99. The molecular formula is C11H16FNO. The largest absolute Gasteiger partial charge is 0.375 e. The third kappa shape index (κ3) is 2.22. The van der Waals surface area contributed by atoms with Crippen LogP contribution in [-0.4, -0.2) is 25.3 Å². The molecule has 0 aromatic heterocycles. The SMILES string of the molecule is C[C@H]1CO[C@@H](C2C=C(F)C=CC2)CN1. The van der Waals surface area contributed by atoms with Crippen LogP contribution in [0, 0.1) is 5.92 Å². The molecule has 2 nitrogen and oxygen atoms in total. The molecule has 1 aliphatic carbocycles. The van der Waals surface area contributed by atoms with Gasteiger partial charge in [-0.15, -0.1) is 0 Å². The predicted octanol–water partition coefficient (Wildman–Crippen LogP) is 1.79. The Morgan fingerprint density at radius 2 is 2.43 bits per heavy atom. The molecule has 0 saturated carbocycles. The van der Waals surface area contributed by atoms with Gasteiger partial charge < -0.3 is 10.1 Å². The molecule has 0 aromatic carbocycles. The van der Waals surface area contributed by atoms with Crippen molar-refractivity contribution in [1.29, 1.82) is 0 Å². The number of ether oxygens (including phenoxy) is 1. The molecule has 1 fully saturated rings. The first-order chi connectivity index (χ1) is 6.75. The maximum atomic E-state index is 13.0. The van der Waals surface area contributed by atoms with E-state index >= 15 is 0 Å². The quantitative estimate of drug-likeness (QED) is 0.692. The highest BCUT2D eigenvalue weighted by atomic mass is 19.1. The number of hydrogen-bond donors (Lipinski definition) is 1. The molecule has 0 radical (unpaired) electrons. The van der Waals surface area contributed by atoms with Gasteiger partial charge in [-0.2, -0.15) is 0 Å². The average Bonchev–Trinajstić information content (AvgIpc) is 2.19. The normalized spacial score (nSPS) is 38.1. The summed E-state index contributed by atoms with van der Waals surface area (Å²) < 4.78 is 18.6. The van der Waals surface area contributed by atoms with Crippen LogP contribution in [0.5, 0.6) is 0 Å². The molecule has 2 aliphatic rings. The zero-order chi connectivity index (χ0) is 9.97. The van der Waals surface area contributed by atoms with E-state index in [1.165, 1.54) is 6.08 Å². The van der Waals surface area contributed by atoms with E-state index in [1.54, 1.807) is 6.08 Å². The van der Waals surface area contributed by atoms with E-state index in [0.29, 0.717) is 6.04 Å². The number of morpholine rings is 1. The average molecular weight is 197 g/mol. The third-order valence-corrected chi connectivity index (χ3v) is 2.76. The van der Waals surface area contributed by atoms with Gasteiger partial charge in [-0.3, -0.25) is 0 Å². The van der Waals surface area contributed by atoms with Crippen LogP contribution < -0.4 is 5.32 Å². The Morgan fingerprint density at radius 1 is 1.57 bits per heavy atom. The summed E-state index contributed by atoms with van der Waals surface area (Å²) in [6.45, 7) is 3.64. The summed E-state index contributed by atoms with van der Waals surface area (Å²) in [4.78, 5) is 0. The summed E-state index contributed by atoms with van der Waals surface area (Å²) in [7, 11) is 0. The van der Waals surface area contributed by atoms with Gasteiger partial charge in [0.05, 0.1) is 12.7 Å². The molecule has 1 saturated heterocycles. The zero-order valence-electron chi connectivity index (χ0n) is 8.37. The van der Waals surface area contributed by atoms with Gasteiger partial charge >= 0.3 is 0 Å². The van der Waals surface area contributed by atoms with Crippen LogP contribution in [0.25, 0.3) is 0 Å². The van der Waals surface area contributed by atoms with Gasteiger partial charge in [-0.1, -0.05) is 6.08 Å². The lowest BCUT2D eigenvalue weighted by Gasteiger charge is -2.32. The first kappa shape index (κ1) is 9.87. The van der Waals surface area contributed by atoms with Gasteiger partial charge in [0.25, 0.3) is 0 Å². The number of nitrogens with one attached hydrogen (secondary N) is 1. The van der Waals surface area contributed by atoms with Crippen molar-refractivity contribution < 1.29 is 9.13 Å². The second-order valence-electron chi connectivity index (χ2n) is 4.03. The lowest BCUT2D eigenvalue weighted by molar-refractivity contribution is -0.0149. The Hall–Kier alpha value is -0.670. The summed E-state index contributed by atoms with van der Waals surface area (Å²) in [5.74, 6) is 0.0588. The Morgan fingerprint density at radius 3 is 3.07 bits per heavy atom. The standard InChI is InChI=1S/C11H16FNO/c1-8-7-14-11(6-13-8)9-3-2-4-10(12)5-9/h2,4-5,8-9,11,13H,3,6-7H2,1H3/t8-,9?,11+/m0/s1. The molecular weight excluding hydrogens is 181 g/mol. The molecule has 3 heteroatoms. The van der Waals surface area contributed by atoms with Crippen LogP contribution in [-0.2, 0) is 4.74 Å². The van der Waals surface area contributed by atoms with Gasteiger partial charge in [0.15, 0.2) is 0 Å². The van der Waals surface area contributed by atoms with Crippen molar-refractivity contribution in [3.05, 3.63) is 24.1 Å². The van der Waals surface area contributed by atoms with Crippen molar-refractivity contribution in [2.24, 2.45) is 5.92 Å². The molecule has 0 aromatic rings. The highest BCUT2D eigenvalue weighted by molar-refractivity contribution is 5.18. The summed E-state index contributed by atoms with van der Waals surface area (Å²) in [5.41, 5.74) is 0. The Balaban J connectivity index is 1.93. The van der Waals surface area contributed by atoms with E-state index in [4.69, 9.17) is 4.74 Å². The maximum Gasteiger partial charge on any atom is 0.119 e. The summed E-state index contributed by atoms with van der Waals surface area (Å²) in [6.07, 6.45) is 6.08. The molecule has 1 N–H and O–H groups in total. The van der Waals surface area contributed by atoms with Gasteiger partial charge in [-0.25, -0.2) is 4.39 Å². The molecule has 0 bridgehead atoms. The third-order valence-electron chi connectivity index (χ3n) is 2.76. The summed E-state index contributed by atoms with van der Waals surface area (Å²) in [6, 6.07) is 0.416. The number of halogens is 1. The minimum atomic E-state index is -0.136. The molecule has 3 atom stereocenters. The first-order valence-corrected chi connectivity index (χ1v) is 5.14. The van der Waals surface area contributed by atoms with Crippen molar-refractivity contribution in [2.45, 2.75) is 25.5 Å². The molecule has 0 spiro atoms. The number of hydrogen-bond acceptors (Lipinski definition) is 2. The molecule has 14 heavy (non-hydrogen) atoms. The molecule has 1 unspecified atom stereocenters. The molecule has 1 heterocycles. The topological polar surface area (TPSA) is 21.3 Å². The van der Waals surface area contributed by atoms with E-state index in [0.717, 1.165) is 19.6 Å². The minimum Gasteiger partial charge on any atom is -0.375 e. The van der Waals surface area contributed by atoms with Crippen molar-refractivity contribution in [2.75, 3.05) is 13.2 Å². The second kappa shape index (κ2) is 4.24. The Labute approximate surface area is 83.8 Å². The Bertz CT molecular complexity index is 254. The van der Waals surface area contributed by atoms with Crippen molar-refractivity contribution in [3.8, 4) is 0 Å². The maximum absolute atomic E-state index is 13.0. The van der Waals surface area contributed by atoms with Crippen LogP contribution in [0.1, 0.15) is 13.3 Å². The fourth-order valence-corrected chi connectivity index (χ4v) is 1.90. The van der Waals surface area contributed by atoms with Crippen LogP contribution in [0.15, 0.2) is 24.1 Å². The van der Waals surface area contributed by atoms with E-state index in [1.807, 2.05) is 6.08 Å². The van der Waals surface area contributed by atoms with Gasteiger partial charge in [-0.05, 0) is 25.5 Å². The van der Waals surface area contributed by atoms with Crippen molar-refractivity contribution in [1.82, 2.24) is 5.32 Å². The van der Waals surface area contributed by atoms with Gasteiger partial charge in [0.2, 0.25) is 0 Å². The molecule has 78 valence electrons. The number of allylic oxidation sites excluding steroid dienone is 3. The van der Waals surface area contributed by atoms with Gasteiger partial charge in [0, 0.05) is 18.5 Å². The summed E-state index contributed by atoms with van der Waals surface area (Å²) >= 11 is 0. The van der Waals surface area contributed by atoms with Crippen LogP contribution in [0.2, 0.25) is 0 Å². The molecule has 2 rings (SSSR count). The van der Waals surface area contributed by atoms with Gasteiger partial charge in [0.1, 0.15) is 5.83 Å². The van der Waals surface area contributed by atoms with Crippen LogP contribution in [0.3, 0.4) is 0 Å². The fourth-order valence-electron chi connectivity index (χ4n) is 1.90. The second-order valence-corrected chi connectivity index (χ2v) is 4.03. The first-order valence-electron chi connectivity index (χ1n) is 5.14.